The summed E-state index contributed by atoms with van der Waals surface area (Å²) >= 11 is 5.59. The normalized spacial score (nSPS) is 10.4. The first-order valence-electron chi connectivity index (χ1n) is 5.34. The van der Waals surface area contributed by atoms with Crippen molar-refractivity contribution in [3.8, 4) is 11.3 Å². The van der Waals surface area contributed by atoms with Gasteiger partial charge in [0.1, 0.15) is 11.6 Å². The van der Waals surface area contributed by atoms with Gasteiger partial charge in [-0.2, -0.15) is 0 Å². The Kier molecular flexibility index (Phi) is 3.67. The van der Waals surface area contributed by atoms with Gasteiger partial charge >= 0.3 is 5.97 Å². The van der Waals surface area contributed by atoms with Crippen molar-refractivity contribution in [2.75, 3.05) is 6.61 Å². The van der Waals surface area contributed by atoms with Crippen molar-refractivity contribution in [2.24, 2.45) is 0 Å². The van der Waals surface area contributed by atoms with Crippen molar-refractivity contribution < 1.29 is 18.3 Å². The van der Waals surface area contributed by atoms with E-state index in [0.717, 1.165) is 0 Å². The van der Waals surface area contributed by atoms with Gasteiger partial charge in [-0.05, 0) is 37.3 Å². The molecule has 0 amide bonds. The van der Waals surface area contributed by atoms with E-state index in [1.807, 2.05) is 0 Å². The zero-order valence-corrected chi connectivity index (χ0v) is 10.3. The first-order chi connectivity index (χ1) is 8.61. The van der Waals surface area contributed by atoms with Crippen molar-refractivity contribution in [1.82, 2.24) is 0 Å². The molecule has 0 unspecified atom stereocenters. The Morgan fingerprint density at radius 3 is 2.83 bits per heavy atom. The lowest BCUT2D eigenvalue weighted by Gasteiger charge is -1.99. The van der Waals surface area contributed by atoms with Crippen molar-refractivity contribution in [3.05, 3.63) is 46.9 Å². The van der Waals surface area contributed by atoms with Gasteiger partial charge in [0, 0.05) is 5.56 Å². The summed E-state index contributed by atoms with van der Waals surface area (Å²) in [6.45, 7) is 1.97. The molecule has 0 bridgehead atoms. The maximum atomic E-state index is 13.3. The molecule has 0 radical (unpaired) electrons. The maximum Gasteiger partial charge on any atom is 0.374 e. The number of carbonyl (C=O) groups excluding carboxylic acids is 1. The quantitative estimate of drug-likeness (QED) is 0.792. The molecule has 18 heavy (non-hydrogen) atoms. The minimum absolute atomic E-state index is 0.0379. The minimum Gasteiger partial charge on any atom is -0.460 e. The van der Waals surface area contributed by atoms with Crippen LogP contribution in [0, 0.1) is 5.82 Å². The third-order valence-electron chi connectivity index (χ3n) is 2.29. The fourth-order valence-electron chi connectivity index (χ4n) is 1.45. The van der Waals surface area contributed by atoms with Crippen LogP contribution in [0.3, 0.4) is 0 Å². The number of hydrogen-bond acceptors (Lipinski definition) is 3. The van der Waals surface area contributed by atoms with Crippen LogP contribution in [0.5, 0.6) is 0 Å². The zero-order valence-electron chi connectivity index (χ0n) is 9.57. The molecule has 5 heteroatoms. The summed E-state index contributed by atoms with van der Waals surface area (Å²) < 4.78 is 23.4. The fourth-order valence-corrected chi connectivity index (χ4v) is 1.57. The van der Waals surface area contributed by atoms with Crippen LogP contribution in [0.25, 0.3) is 11.3 Å². The molecule has 0 saturated heterocycles. The maximum absolute atomic E-state index is 13.3. The number of esters is 1. The molecule has 94 valence electrons. The second-order valence-corrected chi connectivity index (χ2v) is 3.92. The number of benzene rings is 1. The molecule has 1 heterocycles. The van der Waals surface area contributed by atoms with Crippen molar-refractivity contribution >= 4 is 17.6 Å². The van der Waals surface area contributed by atoms with Gasteiger partial charge in [-0.1, -0.05) is 11.6 Å². The summed E-state index contributed by atoms with van der Waals surface area (Å²) in [5.41, 5.74) is 0.507. The second-order valence-electron chi connectivity index (χ2n) is 3.51. The highest BCUT2D eigenvalue weighted by Gasteiger charge is 2.13. The Morgan fingerprint density at radius 2 is 2.17 bits per heavy atom. The lowest BCUT2D eigenvalue weighted by atomic mass is 10.2. The van der Waals surface area contributed by atoms with Crippen LogP contribution >= 0.6 is 11.6 Å². The largest absolute Gasteiger partial charge is 0.460 e. The number of hydrogen-bond donors (Lipinski definition) is 0. The minimum atomic E-state index is -0.543. The van der Waals surface area contributed by atoms with Gasteiger partial charge in [-0.25, -0.2) is 9.18 Å². The van der Waals surface area contributed by atoms with Crippen LogP contribution in [0.1, 0.15) is 17.5 Å². The predicted molar refractivity (Wildman–Crippen MR) is 65.1 cm³/mol. The van der Waals surface area contributed by atoms with E-state index in [1.165, 1.54) is 18.2 Å². The predicted octanol–water partition coefficient (Wildman–Crippen LogP) is 3.92. The average molecular weight is 269 g/mol. The van der Waals surface area contributed by atoms with Gasteiger partial charge in [0.25, 0.3) is 0 Å². The Balaban J connectivity index is 2.29. The summed E-state index contributed by atoms with van der Waals surface area (Å²) in [5, 5.41) is 0.0379. The van der Waals surface area contributed by atoms with Gasteiger partial charge in [-0.15, -0.1) is 0 Å². The molecule has 0 saturated carbocycles. The smallest absolute Gasteiger partial charge is 0.374 e. The van der Waals surface area contributed by atoms with Crippen LogP contribution in [0.2, 0.25) is 5.02 Å². The van der Waals surface area contributed by atoms with E-state index < -0.39 is 11.8 Å². The van der Waals surface area contributed by atoms with Crippen LogP contribution in [-0.4, -0.2) is 12.6 Å². The summed E-state index contributed by atoms with van der Waals surface area (Å²) in [6, 6.07) is 7.35. The SMILES string of the molecule is CCOC(=O)c1ccc(-c2ccc(Cl)c(F)c2)o1. The molecule has 0 fully saturated rings. The van der Waals surface area contributed by atoms with E-state index >= 15 is 0 Å². The van der Waals surface area contributed by atoms with E-state index in [1.54, 1.807) is 19.1 Å². The zero-order chi connectivity index (χ0) is 13.1. The number of rotatable bonds is 3. The summed E-state index contributed by atoms with van der Waals surface area (Å²) in [5.74, 6) is -0.614. The van der Waals surface area contributed by atoms with Crippen molar-refractivity contribution in [1.29, 1.82) is 0 Å². The third kappa shape index (κ3) is 2.54. The van der Waals surface area contributed by atoms with Crippen LogP contribution in [0.15, 0.2) is 34.7 Å². The highest BCUT2D eigenvalue weighted by atomic mass is 35.5. The lowest BCUT2D eigenvalue weighted by Crippen LogP contribution is -2.02. The average Bonchev–Trinajstić information content (AvgIpc) is 2.82. The molecule has 0 aliphatic heterocycles. The summed E-state index contributed by atoms with van der Waals surface area (Å²) in [7, 11) is 0. The third-order valence-corrected chi connectivity index (χ3v) is 2.59. The molecule has 0 atom stereocenters. The van der Waals surface area contributed by atoms with E-state index in [0.29, 0.717) is 11.3 Å². The topological polar surface area (TPSA) is 39.4 Å². The molecule has 2 aromatic rings. The first-order valence-corrected chi connectivity index (χ1v) is 5.72. The molecular formula is C13H10ClFO3. The second kappa shape index (κ2) is 5.23. The Morgan fingerprint density at radius 1 is 1.39 bits per heavy atom. The standard InChI is InChI=1S/C13H10ClFO3/c1-2-17-13(16)12-6-5-11(18-12)8-3-4-9(14)10(15)7-8/h3-7H,2H2,1H3. The number of halogens is 2. The summed E-state index contributed by atoms with van der Waals surface area (Å²) in [6.07, 6.45) is 0. The van der Waals surface area contributed by atoms with Crippen LogP contribution in [0.4, 0.5) is 4.39 Å². The van der Waals surface area contributed by atoms with Crippen LogP contribution < -0.4 is 0 Å². The number of ether oxygens (including phenoxy) is 1. The summed E-state index contributed by atoms with van der Waals surface area (Å²) in [4.78, 5) is 11.4. The molecule has 0 aliphatic carbocycles. The van der Waals surface area contributed by atoms with Gasteiger partial charge in [-0.3, -0.25) is 0 Å². The Bertz CT molecular complexity index is 577. The van der Waals surface area contributed by atoms with Crippen molar-refractivity contribution in [3.63, 3.8) is 0 Å². The number of carbonyl (C=O) groups is 1. The van der Waals surface area contributed by atoms with Crippen molar-refractivity contribution in [2.45, 2.75) is 6.92 Å². The van der Waals surface area contributed by atoms with E-state index in [4.69, 9.17) is 20.8 Å². The first kappa shape index (κ1) is 12.6. The van der Waals surface area contributed by atoms with Gasteiger partial charge in [0.2, 0.25) is 5.76 Å². The molecule has 1 aromatic carbocycles. The molecular weight excluding hydrogens is 259 g/mol. The Labute approximate surface area is 108 Å². The lowest BCUT2D eigenvalue weighted by molar-refractivity contribution is 0.0491. The van der Waals surface area contributed by atoms with E-state index in [-0.39, 0.29) is 17.4 Å². The van der Waals surface area contributed by atoms with Crippen LogP contribution in [-0.2, 0) is 4.74 Å². The Hall–Kier alpha value is -1.81. The molecule has 2 rings (SSSR count). The number of furan rings is 1. The van der Waals surface area contributed by atoms with E-state index in [9.17, 15) is 9.18 Å². The highest BCUT2D eigenvalue weighted by molar-refractivity contribution is 6.30. The van der Waals surface area contributed by atoms with E-state index in [2.05, 4.69) is 0 Å². The molecule has 0 spiro atoms. The molecule has 0 N–H and O–H groups in total. The molecule has 1 aromatic heterocycles. The highest BCUT2D eigenvalue weighted by Crippen LogP contribution is 2.26. The van der Waals surface area contributed by atoms with Gasteiger partial charge in [0.05, 0.1) is 11.6 Å². The van der Waals surface area contributed by atoms with Gasteiger partial charge < -0.3 is 9.15 Å². The molecule has 0 aliphatic rings. The van der Waals surface area contributed by atoms with Gasteiger partial charge in [0.15, 0.2) is 0 Å². The monoisotopic (exact) mass is 268 g/mol. The molecule has 3 nitrogen and oxygen atoms in total. The fraction of sp³-hybridized carbons (Fsp3) is 0.154.